The van der Waals surface area contributed by atoms with E-state index in [1.807, 2.05) is 23.5 Å². The summed E-state index contributed by atoms with van der Waals surface area (Å²) in [6, 6.07) is 6.89. The van der Waals surface area contributed by atoms with Crippen molar-refractivity contribution in [3.8, 4) is 16.3 Å². The fourth-order valence-corrected chi connectivity index (χ4v) is 5.46. The molecule has 0 saturated carbocycles. The third kappa shape index (κ3) is 3.37. The molecule has 0 bridgehead atoms. The molecule has 5 heterocycles. The molecule has 1 spiro atoms. The average Bonchev–Trinajstić information content (AvgIpc) is 3.43. The van der Waals surface area contributed by atoms with Gasteiger partial charge in [-0.15, -0.1) is 11.3 Å². The van der Waals surface area contributed by atoms with Crippen LogP contribution in [-0.2, 0) is 16.8 Å². The van der Waals surface area contributed by atoms with E-state index in [0.717, 1.165) is 56.2 Å². The Balaban J connectivity index is 1.37. The quantitative estimate of drug-likeness (QED) is 0.612. The van der Waals surface area contributed by atoms with Gasteiger partial charge in [0.15, 0.2) is 5.82 Å². The van der Waals surface area contributed by atoms with Crippen molar-refractivity contribution in [2.45, 2.75) is 44.6 Å². The molecule has 1 fully saturated rings. The molecule has 3 aromatic rings. The number of methoxy groups -OCH3 is 1. The number of pyridine rings is 1. The number of piperidine rings is 1. The van der Waals surface area contributed by atoms with Gasteiger partial charge in [0.2, 0.25) is 0 Å². The zero-order valence-corrected chi connectivity index (χ0v) is 18.4. The number of aromatic nitrogens is 3. The third-order valence-electron chi connectivity index (χ3n) is 6.02. The lowest BCUT2D eigenvalue weighted by Gasteiger charge is -2.43. The lowest BCUT2D eigenvalue weighted by molar-refractivity contribution is -0.0760. The van der Waals surface area contributed by atoms with Gasteiger partial charge in [0, 0.05) is 30.3 Å². The van der Waals surface area contributed by atoms with Gasteiger partial charge >= 0.3 is 6.01 Å². The summed E-state index contributed by atoms with van der Waals surface area (Å²) in [4.78, 5) is 13.9. The highest BCUT2D eigenvalue weighted by molar-refractivity contribution is 7.15. The lowest BCUT2D eigenvalue weighted by Crippen LogP contribution is -2.46. The summed E-state index contributed by atoms with van der Waals surface area (Å²) in [6.07, 6.45) is 4.55. The molecule has 8 heteroatoms. The molecule has 0 N–H and O–H groups in total. The van der Waals surface area contributed by atoms with Crippen LogP contribution in [0.3, 0.4) is 0 Å². The summed E-state index contributed by atoms with van der Waals surface area (Å²) >= 11 is 1.84. The van der Waals surface area contributed by atoms with Crippen molar-refractivity contribution in [2.24, 2.45) is 0 Å². The van der Waals surface area contributed by atoms with Crippen LogP contribution in [0.2, 0.25) is 0 Å². The van der Waals surface area contributed by atoms with Gasteiger partial charge in [-0.1, -0.05) is 19.0 Å². The fraction of sp³-hybridized carbons (Fsp3) is 0.500. The van der Waals surface area contributed by atoms with E-state index in [1.165, 1.54) is 15.3 Å². The van der Waals surface area contributed by atoms with E-state index in [2.05, 4.69) is 39.9 Å². The smallest absolute Gasteiger partial charge is 0.324 e. The minimum absolute atomic E-state index is 0.230. The molecule has 0 atom stereocenters. The predicted octanol–water partition coefficient (Wildman–Crippen LogP) is 4.39. The first-order chi connectivity index (χ1) is 14.6. The van der Waals surface area contributed by atoms with E-state index in [-0.39, 0.29) is 11.5 Å². The van der Waals surface area contributed by atoms with Crippen molar-refractivity contribution in [1.29, 1.82) is 0 Å². The van der Waals surface area contributed by atoms with E-state index in [0.29, 0.717) is 6.01 Å². The molecule has 5 rings (SSSR count). The van der Waals surface area contributed by atoms with E-state index in [1.54, 1.807) is 13.3 Å². The first kappa shape index (κ1) is 19.5. The Hall–Kier alpha value is -2.45. The number of thiophene rings is 1. The van der Waals surface area contributed by atoms with Gasteiger partial charge in [-0.05, 0) is 36.6 Å². The highest BCUT2D eigenvalue weighted by Crippen LogP contribution is 2.46. The molecule has 2 aliphatic heterocycles. The van der Waals surface area contributed by atoms with Gasteiger partial charge in [0.25, 0.3) is 0 Å². The summed E-state index contributed by atoms with van der Waals surface area (Å²) in [5.74, 6) is 1.79. The Bertz CT molecular complexity index is 1020. The Morgan fingerprint density at radius 1 is 1.23 bits per heavy atom. The molecule has 0 unspecified atom stereocenters. The zero-order chi connectivity index (χ0) is 20.7. The van der Waals surface area contributed by atoms with Crippen LogP contribution >= 0.6 is 11.3 Å². The van der Waals surface area contributed by atoms with Crippen LogP contribution in [-0.4, -0.2) is 41.9 Å². The molecule has 158 valence electrons. The number of anilines is 1. The summed E-state index contributed by atoms with van der Waals surface area (Å²) in [5, 5.41) is 4.11. The number of fused-ring (bicyclic) bond motifs is 2. The highest BCUT2D eigenvalue weighted by Gasteiger charge is 2.43. The van der Waals surface area contributed by atoms with Crippen molar-refractivity contribution < 1.29 is 14.0 Å². The molecule has 7 nitrogen and oxygen atoms in total. The van der Waals surface area contributed by atoms with Crippen LogP contribution in [0.4, 0.5) is 6.01 Å². The maximum absolute atomic E-state index is 6.42. The molecule has 0 radical (unpaired) electrons. The second-order valence-corrected chi connectivity index (χ2v) is 9.34. The van der Waals surface area contributed by atoms with Gasteiger partial charge in [0.05, 0.1) is 36.1 Å². The minimum Gasteiger partial charge on any atom is -0.495 e. The van der Waals surface area contributed by atoms with Crippen molar-refractivity contribution in [1.82, 2.24) is 15.1 Å². The average molecular weight is 427 g/mol. The molecule has 0 amide bonds. The second-order valence-electron chi connectivity index (χ2n) is 8.20. The summed E-state index contributed by atoms with van der Waals surface area (Å²) < 4.78 is 17.2. The highest BCUT2D eigenvalue weighted by atomic mass is 32.1. The molecule has 0 aromatic carbocycles. The van der Waals surface area contributed by atoms with Gasteiger partial charge in [-0.2, -0.15) is 4.98 Å². The van der Waals surface area contributed by atoms with E-state index in [4.69, 9.17) is 14.0 Å². The molecular weight excluding hydrogens is 400 g/mol. The third-order valence-corrected chi connectivity index (χ3v) is 7.24. The van der Waals surface area contributed by atoms with Gasteiger partial charge in [-0.3, -0.25) is 4.98 Å². The Labute approximate surface area is 180 Å². The zero-order valence-electron chi connectivity index (χ0n) is 17.6. The number of hydrogen-bond acceptors (Lipinski definition) is 8. The van der Waals surface area contributed by atoms with Crippen LogP contribution in [0.1, 0.15) is 48.9 Å². The van der Waals surface area contributed by atoms with Crippen molar-refractivity contribution >= 4 is 17.4 Å². The van der Waals surface area contributed by atoms with Crippen LogP contribution in [0.5, 0.6) is 5.75 Å². The number of nitrogens with zero attached hydrogens (tertiary/aromatic N) is 4. The van der Waals surface area contributed by atoms with Crippen molar-refractivity contribution in [3.63, 3.8) is 0 Å². The topological polar surface area (TPSA) is 73.5 Å². The van der Waals surface area contributed by atoms with Crippen molar-refractivity contribution in [2.75, 3.05) is 31.7 Å². The van der Waals surface area contributed by atoms with Gasteiger partial charge in [-0.25, -0.2) is 0 Å². The van der Waals surface area contributed by atoms with Crippen LogP contribution in [0.25, 0.3) is 10.6 Å². The fourth-order valence-electron chi connectivity index (χ4n) is 4.25. The monoisotopic (exact) mass is 426 g/mol. The molecule has 30 heavy (non-hydrogen) atoms. The molecular formula is C22H26N4O3S. The maximum atomic E-state index is 6.42. The summed E-state index contributed by atoms with van der Waals surface area (Å²) in [6.45, 7) is 6.59. The number of hydrogen-bond donors (Lipinski definition) is 0. The standard InChI is InChI=1S/C22H26N4O3S/c1-14(2)20-24-21(29-25-20)26-9-7-22(8-10-26)16-12-19(30-18(16)6-11-28-22)17-5-4-15(27-3)13-23-17/h4-5,12-14H,6-11H2,1-3H3. The summed E-state index contributed by atoms with van der Waals surface area (Å²) in [5.41, 5.74) is 2.08. The van der Waals surface area contributed by atoms with E-state index < -0.39 is 0 Å². The maximum Gasteiger partial charge on any atom is 0.324 e. The number of ether oxygens (including phenoxy) is 2. The molecule has 0 aliphatic carbocycles. The summed E-state index contributed by atoms with van der Waals surface area (Å²) in [7, 11) is 1.66. The largest absolute Gasteiger partial charge is 0.495 e. The minimum atomic E-state index is -0.230. The Kier molecular flexibility index (Phi) is 4.99. The SMILES string of the molecule is COc1ccc(-c2cc3c(s2)CCOC32CCN(c3nc(C(C)C)no3)CC2)nc1. The number of rotatable bonds is 4. The van der Waals surface area contributed by atoms with E-state index >= 15 is 0 Å². The van der Waals surface area contributed by atoms with Gasteiger partial charge in [0.1, 0.15) is 5.75 Å². The molecule has 1 saturated heterocycles. The van der Waals surface area contributed by atoms with Crippen molar-refractivity contribution in [3.05, 3.63) is 40.7 Å². The van der Waals surface area contributed by atoms with E-state index in [9.17, 15) is 0 Å². The first-order valence-corrected chi connectivity index (χ1v) is 11.3. The molecule has 3 aromatic heterocycles. The Morgan fingerprint density at radius 2 is 2.07 bits per heavy atom. The predicted molar refractivity (Wildman–Crippen MR) is 115 cm³/mol. The second kappa shape index (κ2) is 7.67. The lowest BCUT2D eigenvalue weighted by atomic mass is 9.82. The Morgan fingerprint density at radius 3 is 2.73 bits per heavy atom. The van der Waals surface area contributed by atoms with Gasteiger partial charge < -0.3 is 18.9 Å². The first-order valence-electron chi connectivity index (χ1n) is 10.4. The van der Waals surface area contributed by atoms with Crippen LogP contribution in [0, 0.1) is 0 Å². The molecule has 2 aliphatic rings. The van der Waals surface area contributed by atoms with Crippen LogP contribution < -0.4 is 9.64 Å². The van der Waals surface area contributed by atoms with Crippen LogP contribution in [0.15, 0.2) is 28.9 Å². The normalized spacial score (nSPS) is 18.1.